The van der Waals surface area contributed by atoms with Crippen LogP contribution in [0.3, 0.4) is 0 Å². The molecular weight excluding hydrogens is 411 g/mol. The Labute approximate surface area is 186 Å². The molecule has 0 aliphatic carbocycles. The Morgan fingerprint density at radius 3 is 2.58 bits per heavy atom. The maximum atomic E-state index is 15.2. The number of benzene rings is 2. The lowest BCUT2D eigenvalue weighted by atomic mass is 9.88. The zero-order valence-corrected chi connectivity index (χ0v) is 18.7. The van der Waals surface area contributed by atoms with E-state index in [2.05, 4.69) is 18.8 Å². The van der Waals surface area contributed by atoms with E-state index in [0.717, 1.165) is 40.1 Å². The summed E-state index contributed by atoms with van der Waals surface area (Å²) in [4.78, 5) is 8.92. The molecule has 0 spiro atoms. The predicted molar refractivity (Wildman–Crippen MR) is 124 cm³/mol. The molecule has 0 radical (unpaired) electrons. The number of aromatic nitrogens is 3. The number of fused-ring (bicyclic) bond motifs is 1. The van der Waals surface area contributed by atoms with E-state index in [1.165, 1.54) is 0 Å². The smallest absolute Gasteiger partial charge is 0.149 e. The number of halogens is 2. The minimum absolute atomic E-state index is 0.146. The molecule has 0 saturated carbocycles. The SMILES string of the molecule is Cc1nc(Cc2cc(Cl)c(F)c(Cc3ccccc3)c2CC(C)C)n2ccnc(N)c12. The van der Waals surface area contributed by atoms with Gasteiger partial charge in [-0.2, -0.15) is 0 Å². The largest absolute Gasteiger partial charge is 0.382 e. The Morgan fingerprint density at radius 2 is 1.87 bits per heavy atom. The monoisotopic (exact) mass is 436 g/mol. The summed E-state index contributed by atoms with van der Waals surface area (Å²) in [5.41, 5.74) is 11.4. The number of aryl methyl sites for hydroxylation is 1. The standard InChI is InChI=1S/C25H26ClFN4/c1-15(2)11-19-18(14-22-30-16(3)24-25(28)29-9-10-31(22)24)13-21(26)23(27)20(19)12-17-7-5-4-6-8-17/h4-10,13,15H,11-12,14H2,1-3H3,(H2,28,29). The first-order chi connectivity index (χ1) is 14.8. The van der Waals surface area contributed by atoms with E-state index in [1.807, 2.05) is 47.9 Å². The van der Waals surface area contributed by atoms with Crippen LogP contribution in [0.1, 0.15) is 47.6 Å². The highest BCUT2D eigenvalue weighted by Gasteiger charge is 2.21. The third kappa shape index (κ3) is 4.28. The molecule has 0 amide bonds. The second-order valence-electron chi connectivity index (χ2n) is 8.37. The summed E-state index contributed by atoms with van der Waals surface area (Å²) in [5, 5.41) is 0.146. The average molecular weight is 437 g/mol. The third-order valence-corrected chi connectivity index (χ3v) is 5.82. The van der Waals surface area contributed by atoms with Crippen molar-refractivity contribution in [3.63, 3.8) is 0 Å². The average Bonchev–Trinajstić information content (AvgIpc) is 3.05. The van der Waals surface area contributed by atoms with Gasteiger partial charge in [0.2, 0.25) is 0 Å². The van der Waals surface area contributed by atoms with Crippen molar-refractivity contribution in [3.05, 3.63) is 93.4 Å². The molecule has 2 heterocycles. The van der Waals surface area contributed by atoms with E-state index in [9.17, 15) is 0 Å². The fourth-order valence-electron chi connectivity index (χ4n) is 4.19. The Hall–Kier alpha value is -2.92. The van der Waals surface area contributed by atoms with Crippen molar-refractivity contribution < 1.29 is 4.39 Å². The molecule has 6 heteroatoms. The van der Waals surface area contributed by atoms with Crippen molar-refractivity contribution in [1.82, 2.24) is 14.4 Å². The maximum Gasteiger partial charge on any atom is 0.149 e. The topological polar surface area (TPSA) is 56.2 Å². The fourth-order valence-corrected chi connectivity index (χ4v) is 4.43. The molecule has 160 valence electrons. The van der Waals surface area contributed by atoms with Gasteiger partial charge in [0.15, 0.2) is 0 Å². The van der Waals surface area contributed by atoms with E-state index < -0.39 is 0 Å². The zero-order valence-electron chi connectivity index (χ0n) is 18.0. The Kier molecular flexibility index (Phi) is 5.96. The minimum Gasteiger partial charge on any atom is -0.382 e. The number of hydrogen-bond acceptors (Lipinski definition) is 3. The van der Waals surface area contributed by atoms with Crippen molar-refractivity contribution in [3.8, 4) is 0 Å². The molecule has 0 saturated heterocycles. The lowest BCUT2D eigenvalue weighted by Crippen LogP contribution is -2.10. The summed E-state index contributed by atoms with van der Waals surface area (Å²) in [6.45, 7) is 6.21. The van der Waals surface area contributed by atoms with Gasteiger partial charge in [0.25, 0.3) is 0 Å². The highest BCUT2D eigenvalue weighted by atomic mass is 35.5. The van der Waals surface area contributed by atoms with E-state index in [4.69, 9.17) is 22.3 Å². The van der Waals surface area contributed by atoms with Gasteiger partial charge >= 0.3 is 0 Å². The summed E-state index contributed by atoms with van der Waals surface area (Å²) < 4.78 is 17.2. The normalized spacial score (nSPS) is 11.5. The number of nitrogens with zero attached hydrogens (tertiary/aromatic N) is 3. The second-order valence-corrected chi connectivity index (χ2v) is 8.78. The first-order valence-corrected chi connectivity index (χ1v) is 10.8. The third-order valence-electron chi connectivity index (χ3n) is 5.54. The number of nitrogens with two attached hydrogens (primary N) is 1. The summed E-state index contributed by atoms with van der Waals surface area (Å²) in [7, 11) is 0. The number of rotatable bonds is 6. The van der Waals surface area contributed by atoms with Crippen molar-refractivity contribution in [2.24, 2.45) is 5.92 Å². The maximum absolute atomic E-state index is 15.2. The van der Waals surface area contributed by atoms with Crippen LogP contribution in [-0.2, 0) is 19.3 Å². The second kappa shape index (κ2) is 8.67. The van der Waals surface area contributed by atoms with Gasteiger partial charge in [-0.15, -0.1) is 0 Å². The van der Waals surface area contributed by atoms with Gasteiger partial charge in [0.1, 0.15) is 23.0 Å². The van der Waals surface area contributed by atoms with Gasteiger partial charge in [-0.3, -0.25) is 4.40 Å². The van der Waals surface area contributed by atoms with Crippen molar-refractivity contribution in [1.29, 1.82) is 0 Å². The molecule has 0 fully saturated rings. The van der Waals surface area contributed by atoms with Crippen LogP contribution in [0.4, 0.5) is 10.2 Å². The summed E-state index contributed by atoms with van der Waals surface area (Å²) >= 11 is 6.38. The quantitative estimate of drug-likeness (QED) is 0.416. The van der Waals surface area contributed by atoms with E-state index in [0.29, 0.717) is 30.1 Å². The zero-order chi connectivity index (χ0) is 22.1. The number of anilines is 1. The van der Waals surface area contributed by atoms with Crippen LogP contribution in [0.25, 0.3) is 5.52 Å². The summed E-state index contributed by atoms with van der Waals surface area (Å²) in [5.74, 6) is 1.32. The van der Waals surface area contributed by atoms with E-state index in [1.54, 1.807) is 12.3 Å². The van der Waals surface area contributed by atoms with Gasteiger partial charge in [0.05, 0.1) is 10.7 Å². The molecule has 0 aliphatic rings. The molecule has 0 atom stereocenters. The molecule has 0 aliphatic heterocycles. The molecule has 4 nitrogen and oxygen atoms in total. The van der Waals surface area contributed by atoms with Gasteiger partial charge in [-0.1, -0.05) is 55.8 Å². The predicted octanol–water partition coefficient (Wildman–Crippen LogP) is 5.79. The van der Waals surface area contributed by atoms with Crippen molar-refractivity contribution in [2.75, 3.05) is 5.73 Å². The Bertz CT molecular complexity index is 1230. The van der Waals surface area contributed by atoms with Crippen LogP contribution in [-0.4, -0.2) is 14.4 Å². The highest BCUT2D eigenvalue weighted by Crippen LogP contribution is 2.31. The Morgan fingerprint density at radius 1 is 1.13 bits per heavy atom. The summed E-state index contributed by atoms with van der Waals surface area (Å²) in [6, 6.07) is 11.7. The summed E-state index contributed by atoms with van der Waals surface area (Å²) in [6.07, 6.45) is 5.32. The van der Waals surface area contributed by atoms with Gasteiger partial charge in [-0.25, -0.2) is 14.4 Å². The minimum atomic E-state index is -0.331. The van der Waals surface area contributed by atoms with E-state index >= 15 is 4.39 Å². The van der Waals surface area contributed by atoms with Crippen LogP contribution in [0.2, 0.25) is 5.02 Å². The molecule has 4 rings (SSSR count). The van der Waals surface area contributed by atoms with Gasteiger partial charge in [0, 0.05) is 25.2 Å². The lowest BCUT2D eigenvalue weighted by Gasteiger charge is -2.19. The fraction of sp³-hybridized carbons (Fsp3) is 0.280. The first-order valence-electron chi connectivity index (χ1n) is 10.5. The lowest BCUT2D eigenvalue weighted by molar-refractivity contribution is 0.594. The Balaban J connectivity index is 1.85. The number of imidazole rings is 1. The van der Waals surface area contributed by atoms with Crippen LogP contribution < -0.4 is 5.73 Å². The van der Waals surface area contributed by atoms with Gasteiger partial charge < -0.3 is 5.73 Å². The van der Waals surface area contributed by atoms with Crippen LogP contribution >= 0.6 is 11.6 Å². The molecule has 2 aromatic heterocycles. The molecule has 31 heavy (non-hydrogen) atoms. The molecule has 4 aromatic rings. The van der Waals surface area contributed by atoms with Crippen molar-refractivity contribution in [2.45, 2.75) is 40.0 Å². The molecular formula is C25H26ClFN4. The van der Waals surface area contributed by atoms with Crippen LogP contribution in [0.15, 0.2) is 48.8 Å². The molecule has 2 aromatic carbocycles. The van der Waals surface area contributed by atoms with Gasteiger partial charge in [-0.05, 0) is 47.6 Å². The first kappa shape index (κ1) is 21.3. The molecule has 0 unspecified atom stereocenters. The van der Waals surface area contributed by atoms with Crippen molar-refractivity contribution >= 4 is 22.9 Å². The molecule has 2 N–H and O–H groups in total. The number of hydrogen-bond donors (Lipinski definition) is 1. The van der Waals surface area contributed by atoms with E-state index in [-0.39, 0.29) is 10.8 Å². The number of nitrogen functional groups attached to an aromatic ring is 1. The van der Waals surface area contributed by atoms with Crippen LogP contribution in [0, 0.1) is 18.7 Å². The highest BCUT2D eigenvalue weighted by molar-refractivity contribution is 6.30. The van der Waals surface area contributed by atoms with Crippen LogP contribution in [0.5, 0.6) is 0 Å². The molecule has 0 bridgehead atoms.